The van der Waals surface area contributed by atoms with E-state index in [1.807, 2.05) is 7.05 Å². The fourth-order valence-corrected chi connectivity index (χ4v) is 8.39. The molecule has 0 amide bonds. The van der Waals surface area contributed by atoms with E-state index in [2.05, 4.69) is 60.3 Å². The number of nitrogens with one attached hydrogen (secondary N) is 2. The van der Waals surface area contributed by atoms with E-state index in [-0.39, 0.29) is 0 Å². The first-order valence-corrected chi connectivity index (χ1v) is 14.9. The van der Waals surface area contributed by atoms with Gasteiger partial charge in [0.1, 0.15) is 10.5 Å². The number of H-pyrrole nitrogens is 2. The summed E-state index contributed by atoms with van der Waals surface area (Å²) in [6, 6.07) is 8.36. The highest BCUT2D eigenvalue weighted by molar-refractivity contribution is 7.18. The molecule has 0 fully saturated rings. The SMILES string of the molecule is C[n+]1c2nc3[nH]c(nc4nc(nc5[nH]c(nc1-c1sccc1-2)c1ccsc51)-c1ccsc1-4)c1ccsc31. The van der Waals surface area contributed by atoms with Crippen LogP contribution in [0.25, 0.3) is 86.9 Å². The fourth-order valence-electron chi connectivity index (χ4n) is 4.97. The summed E-state index contributed by atoms with van der Waals surface area (Å²) in [5, 5.41) is 10.4. The molecule has 0 radical (unpaired) electrons. The van der Waals surface area contributed by atoms with Crippen molar-refractivity contribution in [1.29, 1.82) is 0 Å². The van der Waals surface area contributed by atoms with Crippen LogP contribution >= 0.6 is 45.3 Å². The molecule has 12 heteroatoms. The normalized spacial score (nSPS) is 12.5. The predicted molar refractivity (Wildman–Crippen MR) is 151 cm³/mol. The average Bonchev–Trinajstić information content (AvgIpc) is 3.72. The molecule has 176 valence electrons. The first-order valence-electron chi connectivity index (χ1n) is 11.4. The maximum atomic E-state index is 5.13. The first kappa shape index (κ1) is 20.2. The molecule has 0 aromatic carbocycles. The Kier molecular flexibility index (Phi) is 3.90. The highest BCUT2D eigenvalue weighted by atomic mass is 32.1. The van der Waals surface area contributed by atoms with Crippen LogP contribution in [-0.4, -0.2) is 34.9 Å². The zero-order valence-electron chi connectivity index (χ0n) is 18.9. The summed E-state index contributed by atoms with van der Waals surface area (Å²) in [6.45, 7) is 0. The Morgan fingerprint density at radius 1 is 0.568 bits per heavy atom. The summed E-state index contributed by atoms with van der Waals surface area (Å²) in [5.74, 6) is 3.05. The smallest absolute Gasteiger partial charge is 0.283 e. The van der Waals surface area contributed by atoms with Gasteiger partial charge in [-0.3, -0.25) is 0 Å². The van der Waals surface area contributed by atoms with Gasteiger partial charge in [-0.25, -0.2) is 19.5 Å². The second-order valence-electron chi connectivity index (χ2n) is 8.71. The van der Waals surface area contributed by atoms with E-state index >= 15 is 0 Å². The largest absolute Gasteiger partial charge is 0.309 e. The molecular formula is C25H13N8S4+. The van der Waals surface area contributed by atoms with Gasteiger partial charge in [0, 0.05) is 10.9 Å². The molecule has 9 rings (SSSR count). The zero-order chi connectivity index (χ0) is 24.2. The number of thiophene rings is 4. The molecule has 9 heterocycles. The summed E-state index contributed by atoms with van der Waals surface area (Å²) in [5.41, 5.74) is 5.16. The third kappa shape index (κ3) is 2.70. The lowest BCUT2D eigenvalue weighted by Crippen LogP contribution is -2.30. The van der Waals surface area contributed by atoms with Gasteiger partial charge in [0.05, 0.1) is 32.3 Å². The van der Waals surface area contributed by atoms with Crippen LogP contribution in [0, 0.1) is 0 Å². The molecule has 0 atom stereocenters. The molecule has 0 spiro atoms. The number of hydrogen-bond donors (Lipinski definition) is 2. The van der Waals surface area contributed by atoms with Gasteiger partial charge in [0.2, 0.25) is 11.3 Å². The molecule has 8 nitrogen and oxygen atoms in total. The van der Waals surface area contributed by atoms with Crippen molar-refractivity contribution >= 4 is 88.1 Å². The lowest BCUT2D eigenvalue weighted by atomic mass is 10.3. The van der Waals surface area contributed by atoms with Crippen molar-refractivity contribution in [2.75, 3.05) is 0 Å². The van der Waals surface area contributed by atoms with Crippen molar-refractivity contribution in [2.24, 2.45) is 7.05 Å². The van der Waals surface area contributed by atoms with Crippen LogP contribution < -0.4 is 4.57 Å². The van der Waals surface area contributed by atoms with Crippen molar-refractivity contribution in [2.45, 2.75) is 0 Å². The summed E-state index contributed by atoms with van der Waals surface area (Å²) < 4.78 is 4.20. The molecule has 0 saturated heterocycles. The van der Waals surface area contributed by atoms with Gasteiger partial charge in [-0.15, -0.1) is 45.3 Å². The Morgan fingerprint density at radius 2 is 1.16 bits per heavy atom. The molecule has 2 N–H and O–H groups in total. The van der Waals surface area contributed by atoms with Gasteiger partial charge < -0.3 is 9.97 Å². The Bertz CT molecular complexity index is 2090. The number of fused-ring (bicyclic) bond motifs is 20. The molecule has 7 aromatic heterocycles. The summed E-state index contributed by atoms with van der Waals surface area (Å²) in [7, 11) is 2.02. The van der Waals surface area contributed by atoms with Gasteiger partial charge in [-0.05, 0) is 45.8 Å². The summed E-state index contributed by atoms with van der Waals surface area (Å²) in [6.07, 6.45) is 0. The molecule has 7 aromatic rings. The minimum absolute atomic E-state index is 0.657. The number of nitrogens with zero attached hydrogens (tertiary/aromatic N) is 6. The Hall–Kier alpha value is -3.84. The lowest BCUT2D eigenvalue weighted by Gasteiger charge is -1.89. The molecule has 8 bridgehead atoms. The first-order chi connectivity index (χ1) is 18.2. The van der Waals surface area contributed by atoms with Crippen LogP contribution in [0.1, 0.15) is 0 Å². The minimum atomic E-state index is 0.657. The van der Waals surface area contributed by atoms with E-state index in [0.29, 0.717) is 11.6 Å². The molecule has 0 unspecified atom stereocenters. The molecule has 0 saturated carbocycles. The van der Waals surface area contributed by atoms with E-state index in [9.17, 15) is 0 Å². The number of aromatic amines is 2. The van der Waals surface area contributed by atoms with Crippen LogP contribution in [0.15, 0.2) is 45.8 Å². The van der Waals surface area contributed by atoms with E-state index < -0.39 is 0 Å². The number of rotatable bonds is 0. The number of hydrogen-bond acceptors (Lipinski definition) is 9. The van der Waals surface area contributed by atoms with Crippen molar-refractivity contribution in [3.63, 3.8) is 0 Å². The van der Waals surface area contributed by atoms with Crippen molar-refractivity contribution in [1.82, 2.24) is 34.9 Å². The quantitative estimate of drug-likeness (QED) is 0.208. The van der Waals surface area contributed by atoms with Gasteiger partial charge >= 0.3 is 0 Å². The third-order valence-electron chi connectivity index (χ3n) is 6.68. The number of aromatic nitrogens is 8. The standard InChI is InChI=1S/C25H12N8S4/c1-33-24-13-5-9-37-17(13)25(33)31-20-12-4-8-35-15(12)22(30-20)27-18-10-2-6-34-14(10)21(26-18)28-19-11-3-7-36-16(11)23(29-19)32-24/h2-9H,1H3,(H,26,27,28,29,30,31,32)/p+1. The zero-order valence-corrected chi connectivity index (χ0v) is 22.2. The van der Waals surface area contributed by atoms with Crippen molar-refractivity contribution in [3.05, 3.63) is 45.8 Å². The minimum Gasteiger partial charge on any atom is -0.309 e. The van der Waals surface area contributed by atoms with E-state index in [1.54, 1.807) is 45.3 Å². The van der Waals surface area contributed by atoms with Crippen LogP contribution in [0.2, 0.25) is 0 Å². The molecular weight excluding hydrogens is 541 g/mol. The molecule has 37 heavy (non-hydrogen) atoms. The van der Waals surface area contributed by atoms with Crippen LogP contribution in [0.5, 0.6) is 0 Å². The maximum absolute atomic E-state index is 5.13. The highest BCUT2D eigenvalue weighted by Gasteiger charge is 2.31. The highest BCUT2D eigenvalue weighted by Crippen LogP contribution is 2.40. The van der Waals surface area contributed by atoms with E-state index in [1.165, 1.54) is 0 Å². The van der Waals surface area contributed by atoms with Crippen LogP contribution in [0.3, 0.4) is 0 Å². The van der Waals surface area contributed by atoms with E-state index in [4.69, 9.17) is 24.9 Å². The molecule has 0 aliphatic carbocycles. The molecule has 2 aliphatic rings. The summed E-state index contributed by atoms with van der Waals surface area (Å²) in [4.78, 5) is 34.2. The van der Waals surface area contributed by atoms with Crippen molar-refractivity contribution in [3.8, 4) is 44.2 Å². The Balaban J connectivity index is 1.53. The monoisotopic (exact) mass is 553 g/mol. The third-order valence-corrected chi connectivity index (χ3v) is 10.3. The predicted octanol–water partition coefficient (Wildman–Crippen LogP) is 6.54. The second-order valence-corrected chi connectivity index (χ2v) is 12.4. The van der Waals surface area contributed by atoms with Crippen LogP contribution in [0.4, 0.5) is 0 Å². The summed E-state index contributed by atoms with van der Waals surface area (Å²) >= 11 is 6.61. The topological polar surface area (TPSA) is 99.9 Å². The lowest BCUT2D eigenvalue weighted by molar-refractivity contribution is -0.650. The van der Waals surface area contributed by atoms with Gasteiger partial charge in [0.25, 0.3) is 11.6 Å². The maximum Gasteiger partial charge on any atom is 0.283 e. The Labute approximate surface area is 223 Å². The van der Waals surface area contributed by atoms with Gasteiger partial charge in [0.15, 0.2) is 17.3 Å². The van der Waals surface area contributed by atoms with E-state index in [0.717, 1.165) is 75.3 Å². The van der Waals surface area contributed by atoms with Crippen LogP contribution in [-0.2, 0) is 7.05 Å². The fraction of sp³-hybridized carbons (Fsp3) is 0.0400. The van der Waals surface area contributed by atoms with Gasteiger partial charge in [-0.2, -0.15) is 0 Å². The Morgan fingerprint density at radius 3 is 1.95 bits per heavy atom. The van der Waals surface area contributed by atoms with Gasteiger partial charge in [-0.1, -0.05) is 9.97 Å². The molecule has 2 aliphatic heterocycles. The second kappa shape index (κ2) is 7.13. The average molecular weight is 554 g/mol. The van der Waals surface area contributed by atoms with Crippen molar-refractivity contribution < 1.29 is 4.57 Å².